The normalized spacial score (nSPS) is 12.1. The maximum Gasteiger partial charge on any atom is 0.416 e. The van der Waals surface area contributed by atoms with E-state index in [9.17, 15) is 31.1 Å². The quantitative estimate of drug-likeness (QED) is 0.412. The fraction of sp³-hybridized carbons (Fsp3) is 0.250. The van der Waals surface area contributed by atoms with E-state index in [1.54, 1.807) is 12.1 Å². The molecule has 0 fully saturated rings. The van der Waals surface area contributed by atoms with Gasteiger partial charge in [-0.25, -0.2) is 10.0 Å². The van der Waals surface area contributed by atoms with Gasteiger partial charge in [0.2, 0.25) is 0 Å². The Morgan fingerprint density at radius 2 is 1.72 bits per heavy atom. The fourth-order valence-corrected chi connectivity index (χ4v) is 3.00. The second kappa shape index (κ2) is 8.61. The SMILES string of the molecule is CON(C)C(=O)c1ncn(Cc2cc(C(F)(F)F)cc(C(F)(F)F)c2)c1-c1cccnc1. The van der Waals surface area contributed by atoms with E-state index in [1.165, 1.54) is 31.1 Å². The van der Waals surface area contributed by atoms with Crippen molar-refractivity contribution in [1.29, 1.82) is 0 Å². The number of pyridine rings is 1. The van der Waals surface area contributed by atoms with Crippen LogP contribution in [0.15, 0.2) is 49.1 Å². The standard InChI is InChI=1S/C20H16F6N4O2/c1-29(32-2)18(31)16-17(13-4-3-5-27-9-13)30(11-28-16)10-12-6-14(19(21,22)23)8-15(7-12)20(24,25)26/h3-9,11H,10H2,1-2H3. The van der Waals surface area contributed by atoms with E-state index >= 15 is 0 Å². The minimum Gasteiger partial charge on any atom is -0.325 e. The molecule has 0 aliphatic heterocycles. The first-order valence-electron chi connectivity index (χ1n) is 8.98. The predicted molar refractivity (Wildman–Crippen MR) is 100 cm³/mol. The number of halogens is 6. The van der Waals surface area contributed by atoms with Crippen LogP contribution in [0.3, 0.4) is 0 Å². The Balaban J connectivity index is 2.14. The van der Waals surface area contributed by atoms with Gasteiger partial charge in [0.1, 0.15) is 0 Å². The number of hydrogen-bond acceptors (Lipinski definition) is 4. The molecular weight excluding hydrogens is 442 g/mol. The molecule has 6 nitrogen and oxygen atoms in total. The first-order valence-corrected chi connectivity index (χ1v) is 8.98. The number of alkyl halides is 6. The van der Waals surface area contributed by atoms with E-state index in [-0.39, 0.29) is 23.0 Å². The summed E-state index contributed by atoms with van der Waals surface area (Å²) in [4.78, 5) is 25.4. The summed E-state index contributed by atoms with van der Waals surface area (Å²) in [7, 11) is 2.58. The summed E-state index contributed by atoms with van der Waals surface area (Å²) in [6.45, 7) is -0.409. The van der Waals surface area contributed by atoms with Crippen molar-refractivity contribution in [1.82, 2.24) is 19.6 Å². The van der Waals surface area contributed by atoms with Crippen LogP contribution in [0.2, 0.25) is 0 Å². The molecular formula is C20H16F6N4O2. The van der Waals surface area contributed by atoms with Crippen molar-refractivity contribution in [3.8, 4) is 11.3 Å². The van der Waals surface area contributed by atoms with Gasteiger partial charge in [0.25, 0.3) is 5.91 Å². The van der Waals surface area contributed by atoms with Crippen LogP contribution in [0.5, 0.6) is 0 Å². The third kappa shape index (κ3) is 4.90. The number of carbonyl (C=O) groups is 1. The number of aromatic nitrogens is 3. The molecule has 0 radical (unpaired) electrons. The molecule has 0 atom stereocenters. The second-order valence-electron chi connectivity index (χ2n) is 6.71. The lowest BCUT2D eigenvalue weighted by molar-refractivity contribution is -0.143. The summed E-state index contributed by atoms with van der Waals surface area (Å²) in [5.74, 6) is -0.662. The number of hydrogen-bond donors (Lipinski definition) is 0. The van der Waals surface area contributed by atoms with Crippen LogP contribution in [0.1, 0.15) is 27.2 Å². The van der Waals surface area contributed by atoms with Gasteiger partial charge in [-0.3, -0.25) is 14.6 Å². The molecule has 2 aromatic heterocycles. The predicted octanol–water partition coefficient (Wildman–Crippen LogP) is 4.66. The van der Waals surface area contributed by atoms with Crippen molar-refractivity contribution < 1.29 is 36.0 Å². The smallest absolute Gasteiger partial charge is 0.325 e. The van der Waals surface area contributed by atoms with Crippen LogP contribution in [0.4, 0.5) is 26.3 Å². The Morgan fingerprint density at radius 1 is 1.09 bits per heavy atom. The number of carbonyl (C=O) groups excluding carboxylic acids is 1. The fourth-order valence-electron chi connectivity index (χ4n) is 3.00. The molecule has 0 N–H and O–H groups in total. The van der Waals surface area contributed by atoms with E-state index < -0.39 is 35.9 Å². The molecule has 12 heteroatoms. The Bertz CT molecular complexity index is 1080. The number of benzene rings is 1. The van der Waals surface area contributed by atoms with Gasteiger partial charge in [-0.15, -0.1) is 0 Å². The average molecular weight is 458 g/mol. The first kappa shape index (κ1) is 23.3. The molecule has 3 rings (SSSR count). The zero-order valence-electron chi connectivity index (χ0n) is 16.7. The summed E-state index contributed by atoms with van der Waals surface area (Å²) in [6, 6.07) is 4.46. The van der Waals surface area contributed by atoms with E-state index in [0.717, 1.165) is 11.4 Å². The zero-order chi connectivity index (χ0) is 23.7. The summed E-state index contributed by atoms with van der Waals surface area (Å²) in [5, 5.41) is 0.887. The highest BCUT2D eigenvalue weighted by Gasteiger charge is 2.37. The third-order valence-corrected chi connectivity index (χ3v) is 4.54. The van der Waals surface area contributed by atoms with Gasteiger partial charge in [-0.2, -0.15) is 26.3 Å². The molecule has 0 bridgehead atoms. The highest BCUT2D eigenvalue weighted by molar-refractivity contribution is 5.97. The molecule has 0 aliphatic carbocycles. The largest absolute Gasteiger partial charge is 0.416 e. The van der Waals surface area contributed by atoms with E-state index in [1.807, 2.05) is 0 Å². The van der Waals surface area contributed by atoms with Crippen molar-refractivity contribution in [2.24, 2.45) is 0 Å². The molecule has 0 saturated heterocycles. The Morgan fingerprint density at radius 3 is 2.22 bits per heavy atom. The zero-order valence-corrected chi connectivity index (χ0v) is 16.7. The highest BCUT2D eigenvalue weighted by atomic mass is 19.4. The van der Waals surface area contributed by atoms with Gasteiger partial charge in [0, 0.05) is 31.5 Å². The van der Waals surface area contributed by atoms with Crippen molar-refractivity contribution in [2.75, 3.05) is 14.2 Å². The van der Waals surface area contributed by atoms with Gasteiger partial charge in [-0.05, 0) is 35.9 Å². The van der Waals surface area contributed by atoms with Crippen LogP contribution in [-0.2, 0) is 23.7 Å². The molecule has 1 amide bonds. The van der Waals surface area contributed by atoms with Gasteiger partial charge in [0.05, 0.1) is 30.3 Å². The van der Waals surface area contributed by atoms with Gasteiger partial charge >= 0.3 is 12.4 Å². The Kier molecular flexibility index (Phi) is 6.26. The first-order chi connectivity index (χ1) is 14.9. The van der Waals surface area contributed by atoms with Crippen LogP contribution < -0.4 is 0 Å². The lowest BCUT2D eigenvalue weighted by Gasteiger charge is -2.16. The van der Waals surface area contributed by atoms with E-state index in [2.05, 4.69) is 9.97 Å². The van der Waals surface area contributed by atoms with Crippen molar-refractivity contribution in [3.63, 3.8) is 0 Å². The number of imidazole rings is 1. The van der Waals surface area contributed by atoms with Gasteiger partial charge < -0.3 is 4.57 Å². The lowest BCUT2D eigenvalue weighted by atomic mass is 10.0. The van der Waals surface area contributed by atoms with Crippen LogP contribution >= 0.6 is 0 Å². The lowest BCUT2D eigenvalue weighted by Crippen LogP contribution is -2.26. The molecule has 32 heavy (non-hydrogen) atoms. The minimum atomic E-state index is -4.97. The number of hydroxylamine groups is 2. The summed E-state index contributed by atoms with van der Waals surface area (Å²) in [5.41, 5.74) is -2.68. The topological polar surface area (TPSA) is 60.2 Å². The van der Waals surface area contributed by atoms with Crippen LogP contribution in [-0.4, -0.2) is 39.7 Å². The summed E-state index contributed by atoms with van der Waals surface area (Å²) >= 11 is 0. The van der Waals surface area contributed by atoms with Gasteiger partial charge in [0.15, 0.2) is 5.69 Å². The molecule has 3 aromatic rings. The van der Waals surface area contributed by atoms with Crippen molar-refractivity contribution in [2.45, 2.75) is 18.9 Å². The molecule has 2 heterocycles. The molecule has 0 aliphatic rings. The van der Waals surface area contributed by atoms with E-state index in [0.29, 0.717) is 17.7 Å². The maximum atomic E-state index is 13.2. The molecule has 0 unspecified atom stereocenters. The molecule has 170 valence electrons. The highest BCUT2D eigenvalue weighted by Crippen LogP contribution is 2.37. The number of amides is 1. The van der Waals surface area contributed by atoms with Gasteiger partial charge in [-0.1, -0.05) is 0 Å². The minimum absolute atomic E-state index is 0.0575. The molecule has 1 aromatic carbocycles. The Hall–Kier alpha value is -3.41. The monoisotopic (exact) mass is 458 g/mol. The number of nitrogens with zero attached hydrogens (tertiary/aromatic N) is 4. The average Bonchev–Trinajstić information content (AvgIpc) is 3.15. The molecule has 0 spiro atoms. The summed E-state index contributed by atoms with van der Waals surface area (Å²) in [6.07, 6.45) is -5.93. The van der Waals surface area contributed by atoms with Crippen molar-refractivity contribution in [3.05, 3.63) is 71.4 Å². The molecule has 0 saturated carbocycles. The number of rotatable bonds is 5. The van der Waals surface area contributed by atoms with E-state index in [4.69, 9.17) is 4.84 Å². The second-order valence-corrected chi connectivity index (χ2v) is 6.71. The van der Waals surface area contributed by atoms with Crippen LogP contribution in [0, 0.1) is 0 Å². The maximum absolute atomic E-state index is 13.2. The summed E-state index contributed by atoms with van der Waals surface area (Å²) < 4.78 is 80.5. The van der Waals surface area contributed by atoms with Crippen LogP contribution in [0.25, 0.3) is 11.3 Å². The Labute approximate surface area is 178 Å². The third-order valence-electron chi connectivity index (χ3n) is 4.54. The van der Waals surface area contributed by atoms with Crippen molar-refractivity contribution >= 4 is 5.91 Å².